The number of phenols is 1. The number of pyridine rings is 1. The summed E-state index contributed by atoms with van der Waals surface area (Å²) in [5, 5.41) is 9.68. The highest BCUT2D eigenvalue weighted by molar-refractivity contribution is 9.10. The van der Waals surface area contributed by atoms with Gasteiger partial charge >= 0.3 is 0 Å². The molecule has 1 aromatic heterocycles. The first-order valence-electron chi connectivity index (χ1n) is 5.27. The Hall–Kier alpha value is -1.61. The monoisotopic (exact) mass is 290 g/mol. The number of aryl methyl sites for hydroxylation is 1. The molecule has 0 aliphatic carbocycles. The predicted molar refractivity (Wildman–Crippen MR) is 72.4 cm³/mol. The van der Waals surface area contributed by atoms with Crippen molar-refractivity contribution in [3.8, 4) is 5.75 Å². The summed E-state index contributed by atoms with van der Waals surface area (Å²) >= 11 is 3.38. The molecule has 1 aromatic carbocycles. The summed E-state index contributed by atoms with van der Waals surface area (Å²) in [7, 11) is 1.98. The van der Waals surface area contributed by atoms with E-state index in [1.807, 2.05) is 60.4 Å². The van der Waals surface area contributed by atoms with Crippen LogP contribution in [-0.4, -0.2) is 5.11 Å². The number of hydrogen-bond acceptors (Lipinski definition) is 1. The molecule has 2 rings (SSSR count). The second kappa shape index (κ2) is 5.15. The molecule has 0 atom stereocenters. The fourth-order valence-corrected chi connectivity index (χ4v) is 1.85. The highest BCUT2D eigenvalue weighted by atomic mass is 79.9. The molecule has 1 N–H and O–H groups in total. The number of rotatable bonds is 2. The van der Waals surface area contributed by atoms with Crippen LogP contribution in [0.3, 0.4) is 0 Å². The van der Waals surface area contributed by atoms with E-state index in [1.54, 1.807) is 6.07 Å². The summed E-state index contributed by atoms with van der Waals surface area (Å²) in [4.78, 5) is 0. The normalized spacial score (nSPS) is 10.9. The molecule has 1 heterocycles. The van der Waals surface area contributed by atoms with Crippen LogP contribution in [0.2, 0.25) is 0 Å². The first-order chi connectivity index (χ1) is 8.15. The van der Waals surface area contributed by atoms with Gasteiger partial charge in [-0.2, -0.15) is 0 Å². The Morgan fingerprint density at radius 3 is 2.53 bits per heavy atom. The van der Waals surface area contributed by atoms with Crippen molar-refractivity contribution in [2.45, 2.75) is 0 Å². The summed E-state index contributed by atoms with van der Waals surface area (Å²) in [6.07, 6.45) is 7.85. The number of halogens is 1. The average Bonchev–Trinajstić information content (AvgIpc) is 2.32. The number of benzene rings is 1. The molecular formula is C14H13BrNO+. The molecule has 2 nitrogen and oxygen atoms in total. The van der Waals surface area contributed by atoms with Crippen LogP contribution < -0.4 is 4.57 Å². The molecule has 0 saturated carbocycles. The van der Waals surface area contributed by atoms with Crippen LogP contribution in [0.5, 0.6) is 5.75 Å². The molecular weight excluding hydrogens is 278 g/mol. The summed E-state index contributed by atoms with van der Waals surface area (Å²) < 4.78 is 2.93. The molecule has 0 saturated heterocycles. The Labute approximate surface area is 109 Å². The third-order valence-corrected chi connectivity index (χ3v) is 2.94. The quantitative estimate of drug-likeness (QED) is 0.844. The summed E-state index contributed by atoms with van der Waals surface area (Å²) in [6, 6.07) is 9.41. The molecule has 0 fully saturated rings. The van der Waals surface area contributed by atoms with Gasteiger partial charge in [-0.05, 0) is 23.8 Å². The van der Waals surface area contributed by atoms with Crippen molar-refractivity contribution in [2.24, 2.45) is 7.05 Å². The molecule has 86 valence electrons. The van der Waals surface area contributed by atoms with E-state index in [-0.39, 0.29) is 5.75 Å². The van der Waals surface area contributed by atoms with Gasteiger partial charge in [-0.1, -0.05) is 28.1 Å². The van der Waals surface area contributed by atoms with Crippen LogP contribution in [0.1, 0.15) is 11.1 Å². The van der Waals surface area contributed by atoms with E-state index in [0.717, 1.165) is 15.6 Å². The summed E-state index contributed by atoms with van der Waals surface area (Å²) in [5.41, 5.74) is 1.90. The summed E-state index contributed by atoms with van der Waals surface area (Å²) in [5.74, 6) is 0.283. The van der Waals surface area contributed by atoms with E-state index in [1.165, 1.54) is 0 Å². The fraction of sp³-hybridized carbons (Fsp3) is 0.0714. The lowest BCUT2D eigenvalue weighted by atomic mass is 10.1. The van der Waals surface area contributed by atoms with E-state index in [4.69, 9.17) is 0 Å². The second-order valence-corrected chi connectivity index (χ2v) is 4.75. The molecule has 0 spiro atoms. The lowest BCUT2D eigenvalue weighted by Gasteiger charge is -1.99. The topological polar surface area (TPSA) is 24.1 Å². The van der Waals surface area contributed by atoms with Gasteiger partial charge in [0, 0.05) is 22.2 Å². The maximum absolute atomic E-state index is 9.68. The molecule has 3 heteroatoms. The molecule has 0 unspecified atom stereocenters. The van der Waals surface area contributed by atoms with Gasteiger partial charge in [0.1, 0.15) is 12.8 Å². The second-order valence-electron chi connectivity index (χ2n) is 3.83. The van der Waals surface area contributed by atoms with Crippen LogP contribution in [-0.2, 0) is 7.05 Å². The lowest BCUT2D eigenvalue weighted by molar-refractivity contribution is -0.671. The zero-order valence-electron chi connectivity index (χ0n) is 9.47. The minimum absolute atomic E-state index is 0.283. The molecule has 0 bridgehead atoms. The number of aromatic nitrogens is 1. The Morgan fingerprint density at radius 2 is 1.82 bits per heavy atom. The third-order valence-electron chi connectivity index (χ3n) is 2.45. The number of nitrogens with zero attached hydrogens (tertiary/aromatic N) is 1. The van der Waals surface area contributed by atoms with Crippen molar-refractivity contribution in [3.05, 3.63) is 58.3 Å². The van der Waals surface area contributed by atoms with Crippen molar-refractivity contribution in [1.29, 1.82) is 0 Å². The van der Waals surface area contributed by atoms with E-state index in [2.05, 4.69) is 15.9 Å². The zero-order chi connectivity index (χ0) is 12.3. The van der Waals surface area contributed by atoms with Crippen LogP contribution in [0, 0.1) is 0 Å². The minimum atomic E-state index is 0.283. The maximum Gasteiger partial charge on any atom is 0.169 e. The van der Waals surface area contributed by atoms with E-state index in [9.17, 15) is 5.11 Å². The smallest absolute Gasteiger partial charge is 0.169 e. The van der Waals surface area contributed by atoms with Crippen molar-refractivity contribution in [2.75, 3.05) is 0 Å². The maximum atomic E-state index is 9.68. The molecule has 17 heavy (non-hydrogen) atoms. The predicted octanol–water partition coefficient (Wildman–Crippen LogP) is 3.15. The van der Waals surface area contributed by atoms with Gasteiger partial charge in [0.15, 0.2) is 12.4 Å². The third kappa shape index (κ3) is 3.17. The summed E-state index contributed by atoms with van der Waals surface area (Å²) in [6.45, 7) is 0. The fourth-order valence-electron chi connectivity index (χ4n) is 1.47. The van der Waals surface area contributed by atoms with Gasteiger partial charge in [-0.15, -0.1) is 0 Å². The van der Waals surface area contributed by atoms with Gasteiger partial charge in [-0.3, -0.25) is 0 Å². The number of phenolic OH excluding ortho intramolecular Hbond substituents is 1. The van der Waals surface area contributed by atoms with E-state index < -0.39 is 0 Å². The Balaban J connectivity index is 2.25. The molecule has 0 radical (unpaired) electrons. The van der Waals surface area contributed by atoms with Gasteiger partial charge < -0.3 is 5.11 Å². The van der Waals surface area contributed by atoms with Crippen LogP contribution in [0.25, 0.3) is 12.2 Å². The minimum Gasteiger partial charge on any atom is -0.507 e. The van der Waals surface area contributed by atoms with Gasteiger partial charge in [0.2, 0.25) is 0 Å². The lowest BCUT2D eigenvalue weighted by Crippen LogP contribution is -2.25. The first-order valence-corrected chi connectivity index (χ1v) is 6.06. The van der Waals surface area contributed by atoms with E-state index >= 15 is 0 Å². The van der Waals surface area contributed by atoms with Crippen molar-refractivity contribution >= 4 is 28.1 Å². The number of hydrogen-bond donors (Lipinski definition) is 1. The first kappa shape index (κ1) is 11.9. The molecule has 0 aliphatic rings. The zero-order valence-corrected chi connectivity index (χ0v) is 11.1. The standard InChI is InChI=1S/C14H12BrNO/c1-16-8-6-11(7-9-16)2-3-12-10-13(15)4-5-14(12)17/h2-10H,1H3/p+1. The van der Waals surface area contributed by atoms with Crippen LogP contribution in [0.15, 0.2) is 47.2 Å². The molecule has 0 amide bonds. The van der Waals surface area contributed by atoms with Gasteiger partial charge in [-0.25, -0.2) is 4.57 Å². The van der Waals surface area contributed by atoms with Crippen LogP contribution in [0.4, 0.5) is 0 Å². The Morgan fingerprint density at radius 1 is 1.12 bits per heavy atom. The highest BCUT2D eigenvalue weighted by Crippen LogP contribution is 2.23. The molecule has 2 aromatic rings. The highest BCUT2D eigenvalue weighted by Gasteiger charge is 1.98. The van der Waals surface area contributed by atoms with E-state index in [0.29, 0.717) is 0 Å². The Bertz CT molecular complexity index is 547. The van der Waals surface area contributed by atoms with Crippen molar-refractivity contribution < 1.29 is 9.67 Å². The Kier molecular flexibility index (Phi) is 3.59. The van der Waals surface area contributed by atoms with Crippen molar-refractivity contribution in [1.82, 2.24) is 0 Å². The van der Waals surface area contributed by atoms with Gasteiger partial charge in [0.05, 0.1) is 0 Å². The number of aromatic hydroxyl groups is 1. The largest absolute Gasteiger partial charge is 0.507 e. The molecule has 0 aliphatic heterocycles. The van der Waals surface area contributed by atoms with Crippen LogP contribution >= 0.6 is 15.9 Å². The SMILES string of the molecule is C[n+]1ccc(/C=C/c2cc(Br)ccc2O)cc1. The van der Waals surface area contributed by atoms with Gasteiger partial charge in [0.25, 0.3) is 0 Å². The van der Waals surface area contributed by atoms with Crippen molar-refractivity contribution in [3.63, 3.8) is 0 Å². The average molecular weight is 291 g/mol.